The van der Waals surface area contributed by atoms with E-state index in [1.807, 2.05) is 32.9 Å². The molecule has 0 saturated heterocycles. The molecule has 0 amide bonds. The minimum atomic E-state index is -0.902. The predicted octanol–water partition coefficient (Wildman–Crippen LogP) is 3.66. The first-order chi connectivity index (χ1) is 14.6. The third kappa shape index (κ3) is 2.89. The molecule has 154 valence electrons. The molecule has 7 heteroatoms. The third-order valence-corrected chi connectivity index (χ3v) is 7.20. The van der Waals surface area contributed by atoms with Crippen molar-refractivity contribution in [2.75, 3.05) is 0 Å². The van der Waals surface area contributed by atoms with Gasteiger partial charge in [0.1, 0.15) is 12.1 Å². The van der Waals surface area contributed by atoms with Crippen molar-refractivity contribution < 1.29 is 9.59 Å². The predicted molar refractivity (Wildman–Crippen MR) is 113 cm³/mol. The summed E-state index contributed by atoms with van der Waals surface area (Å²) in [6.45, 7) is 5.66. The number of carbonyl (C=O) groups excluding carboxylic acids is 2. The van der Waals surface area contributed by atoms with E-state index in [0.29, 0.717) is 24.2 Å². The van der Waals surface area contributed by atoms with Crippen LogP contribution in [-0.2, 0) is 9.59 Å². The van der Waals surface area contributed by atoms with E-state index in [9.17, 15) is 20.1 Å². The second kappa shape index (κ2) is 6.81. The maximum atomic E-state index is 12.9. The van der Waals surface area contributed by atoms with Gasteiger partial charge in [-0.15, -0.1) is 0 Å². The first kappa shape index (κ1) is 20.9. The zero-order chi connectivity index (χ0) is 22.6. The van der Waals surface area contributed by atoms with Crippen molar-refractivity contribution in [1.82, 2.24) is 9.07 Å². The average Bonchev–Trinajstić information content (AvgIpc) is 3.14. The largest absolute Gasteiger partial charge is 0.293 e. The molecule has 0 N–H and O–H groups in total. The van der Waals surface area contributed by atoms with Crippen LogP contribution in [0.2, 0.25) is 0 Å². The lowest BCUT2D eigenvalue weighted by Gasteiger charge is -2.56. The van der Waals surface area contributed by atoms with Gasteiger partial charge in [-0.2, -0.15) is 10.5 Å². The molecule has 0 spiro atoms. The number of carbonyl (C=O) groups is 2. The summed E-state index contributed by atoms with van der Waals surface area (Å²) in [5.41, 5.74) is -1.60. The second-order valence-electron chi connectivity index (χ2n) is 8.97. The van der Waals surface area contributed by atoms with Crippen LogP contribution >= 0.6 is 11.8 Å². The summed E-state index contributed by atoms with van der Waals surface area (Å²) in [6.07, 6.45) is 9.05. The van der Waals surface area contributed by atoms with Crippen molar-refractivity contribution in [2.45, 2.75) is 33.6 Å². The minimum Gasteiger partial charge on any atom is -0.293 e. The third-order valence-electron chi connectivity index (χ3n) is 6.92. The maximum absolute atomic E-state index is 12.9. The van der Waals surface area contributed by atoms with Crippen LogP contribution in [-0.4, -0.2) is 20.6 Å². The molecule has 6 nitrogen and oxygen atoms in total. The summed E-state index contributed by atoms with van der Waals surface area (Å²) in [5.74, 6) is 5.87. The molecule has 1 aromatic rings. The topological polar surface area (TPSA) is 99.5 Å². The zero-order valence-corrected chi connectivity index (χ0v) is 18.1. The molecular weight excluding hydrogens is 412 g/mol. The van der Waals surface area contributed by atoms with Crippen LogP contribution in [0.1, 0.15) is 39.4 Å². The number of ketones is 2. The Hall–Kier alpha value is -3.40. The molecule has 1 fully saturated rings. The maximum Gasteiger partial charge on any atom is 0.200 e. The lowest BCUT2D eigenvalue weighted by Crippen LogP contribution is -2.53. The highest BCUT2D eigenvalue weighted by Gasteiger charge is 2.59. The zero-order valence-electron chi connectivity index (χ0n) is 17.4. The first-order valence-corrected chi connectivity index (χ1v) is 10.2. The molecule has 1 aromatic heterocycles. The van der Waals surface area contributed by atoms with Crippen LogP contribution in [0.5, 0.6) is 0 Å². The van der Waals surface area contributed by atoms with Crippen LogP contribution in [0.15, 0.2) is 47.3 Å². The van der Waals surface area contributed by atoms with Crippen LogP contribution < -0.4 is 0 Å². The number of aromatic nitrogens is 2. The molecule has 0 aliphatic heterocycles. The van der Waals surface area contributed by atoms with Crippen LogP contribution in [0.3, 0.4) is 0 Å². The highest BCUT2D eigenvalue weighted by Crippen LogP contribution is 2.63. The SMILES string of the molecule is CC1(C)C(=O)C(C#N)=C[C@]2(C)C3=CC(=O)C(C#N)=C[C@]3(C#Cc3nccn3Cl)CC[C@@H]12. The second-order valence-corrected chi connectivity index (χ2v) is 9.33. The lowest BCUT2D eigenvalue weighted by molar-refractivity contribution is -0.130. The number of nitriles is 2. The first-order valence-electron chi connectivity index (χ1n) is 9.89. The van der Waals surface area contributed by atoms with Gasteiger partial charge in [-0.05, 0) is 42.4 Å². The highest BCUT2D eigenvalue weighted by atomic mass is 35.5. The number of rotatable bonds is 0. The van der Waals surface area contributed by atoms with Gasteiger partial charge in [0, 0.05) is 35.0 Å². The Morgan fingerprint density at radius 3 is 2.48 bits per heavy atom. The van der Waals surface area contributed by atoms with E-state index in [2.05, 4.69) is 16.8 Å². The Morgan fingerprint density at radius 1 is 1.16 bits per heavy atom. The summed E-state index contributed by atoms with van der Waals surface area (Å²) in [6, 6.07) is 4.01. The summed E-state index contributed by atoms with van der Waals surface area (Å²) in [7, 11) is 0. The van der Waals surface area contributed by atoms with Gasteiger partial charge in [0.05, 0.1) is 16.6 Å². The van der Waals surface area contributed by atoms with Gasteiger partial charge in [-0.1, -0.05) is 32.8 Å². The van der Waals surface area contributed by atoms with Gasteiger partial charge in [0.15, 0.2) is 17.4 Å². The summed E-state index contributed by atoms with van der Waals surface area (Å²) < 4.78 is 1.28. The van der Waals surface area contributed by atoms with E-state index in [1.165, 1.54) is 16.4 Å². The summed E-state index contributed by atoms with van der Waals surface area (Å²) in [4.78, 5) is 29.7. The monoisotopic (exact) mass is 430 g/mol. The van der Waals surface area contributed by atoms with Crippen molar-refractivity contribution in [1.29, 1.82) is 10.5 Å². The molecule has 3 atom stereocenters. The minimum absolute atomic E-state index is 0.0324. The van der Waals surface area contributed by atoms with Crippen molar-refractivity contribution in [3.05, 3.63) is 53.2 Å². The van der Waals surface area contributed by atoms with Crippen molar-refractivity contribution >= 4 is 23.3 Å². The van der Waals surface area contributed by atoms with Gasteiger partial charge >= 0.3 is 0 Å². The van der Waals surface area contributed by atoms with Gasteiger partial charge in [0.25, 0.3) is 0 Å². The summed E-state index contributed by atoms with van der Waals surface area (Å²) in [5, 5.41) is 19.1. The quantitative estimate of drug-likeness (QED) is 0.585. The number of imidazole rings is 1. The number of Topliss-reactive ketones (excluding diaryl/α,β-unsaturated/α-hetero) is 1. The Bertz CT molecular complexity index is 1270. The van der Waals surface area contributed by atoms with Gasteiger partial charge in [-0.3, -0.25) is 9.59 Å². The number of fused-ring (bicyclic) bond motifs is 3. The molecule has 0 aromatic carbocycles. The van der Waals surface area contributed by atoms with E-state index in [-0.39, 0.29) is 22.8 Å². The number of nitrogens with zero attached hydrogens (tertiary/aromatic N) is 4. The Kier molecular flexibility index (Phi) is 4.58. The number of hydrogen-bond acceptors (Lipinski definition) is 5. The van der Waals surface area contributed by atoms with Gasteiger partial charge in [-0.25, -0.2) is 9.07 Å². The molecule has 0 bridgehead atoms. The number of halogens is 1. The Morgan fingerprint density at radius 2 is 1.87 bits per heavy atom. The van der Waals surface area contributed by atoms with Crippen LogP contribution in [0.4, 0.5) is 0 Å². The van der Waals surface area contributed by atoms with E-state index >= 15 is 0 Å². The Labute approximate surface area is 185 Å². The molecule has 0 radical (unpaired) electrons. The number of allylic oxidation sites excluding steroid dienone is 6. The molecule has 1 heterocycles. The van der Waals surface area contributed by atoms with Gasteiger partial charge < -0.3 is 0 Å². The van der Waals surface area contributed by atoms with Crippen molar-refractivity contribution in [3.8, 4) is 24.0 Å². The van der Waals surface area contributed by atoms with E-state index in [0.717, 1.165) is 0 Å². The Balaban J connectivity index is 1.97. The van der Waals surface area contributed by atoms with Crippen molar-refractivity contribution in [3.63, 3.8) is 0 Å². The standard InChI is InChI=1S/C24H19ClN4O2/c1-22(2)18-4-6-24(7-5-20-28-8-9-29(20)25)12-15(13-26)17(30)10-19(24)23(18,3)11-16(14-27)21(22)31/h8-12,18H,4,6H2,1-3H3/t18-,23-,24+/m0/s1. The lowest BCUT2D eigenvalue weighted by atomic mass is 9.45. The molecule has 3 aliphatic rings. The fourth-order valence-corrected chi connectivity index (χ4v) is 5.61. The van der Waals surface area contributed by atoms with E-state index < -0.39 is 22.0 Å². The van der Waals surface area contributed by atoms with Crippen LogP contribution in [0, 0.1) is 56.7 Å². The average molecular weight is 431 g/mol. The van der Waals surface area contributed by atoms with Gasteiger partial charge in [0.2, 0.25) is 0 Å². The highest BCUT2D eigenvalue weighted by molar-refractivity contribution is 6.15. The van der Waals surface area contributed by atoms with E-state index in [1.54, 1.807) is 18.3 Å². The summed E-state index contributed by atoms with van der Waals surface area (Å²) >= 11 is 6.07. The molecule has 31 heavy (non-hydrogen) atoms. The van der Waals surface area contributed by atoms with Crippen LogP contribution in [0.25, 0.3) is 0 Å². The molecular formula is C24H19ClN4O2. The number of hydrogen-bond donors (Lipinski definition) is 0. The smallest absolute Gasteiger partial charge is 0.200 e. The molecule has 0 unspecified atom stereocenters. The molecule has 4 rings (SSSR count). The normalized spacial score (nSPS) is 30.9. The van der Waals surface area contributed by atoms with E-state index in [4.69, 9.17) is 11.8 Å². The van der Waals surface area contributed by atoms with Crippen molar-refractivity contribution in [2.24, 2.45) is 22.2 Å². The molecule has 3 aliphatic carbocycles. The fraction of sp³-hybridized carbons (Fsp3) is 0.375. The fourth-order valence-electron chi connectivity index (χ4n) is 5.47. The molecule has 1 saturated carbocycles.